The Labute approximate surface area is 150 Å². The minimum absolute atomic E-state index is 0.0996. The van der Waals surface area contributed by atoms with E-state index in [4.69, 9.17) is 14.0 Å². The second kappa shape index (κ2) is 6.75. The Morgan fingerprint density at radius 3 is 3.04 bits per heavy atom. The van der Waals surface area contributed by atoms with E-state index in [2.05, 4.69) is 20.0 Å². The molecule has 3 fully saturated rings. The van der Waals surface area contributed by atoms with Crippen molar-refractivity contribution in [2.45, 2.75) is 50.4 Å². The van der Waals surface area contributed by atoms with Crippen molar-refractivity contribution in [3.05, 3.63) is 17.0 Å². The van der Waals surface area contributed by atoms with Crippen LogP contribution in [0.25, 0.3) is 10.8 Å². The number of hydrogen-bond donors (Lipinski definition) is 0. The highest BCUT2D eigenvalue weighted by molar-refractivity contribution is 7.15. The molecule has 0 saturated carbocycles. The van der Waals surface area contributed by atoms with Crippen molar-refractivity contribution in [3.8, 4) is 10.8 Å². The van der Waals surface area contributed by atoms with Gasteiger partial charge in [0.2, 0.25) is 5.82 Å². The van der Waals surface area contributed by atoms with Gasteiger partial charge in [-0.1, -0.05) is 11.6 Å². The summed E-state index contributed by atoms with van der Waals surface area (Å²) in [6, 6.07) is 0.562. The van der Waals surface area contributed by atoms with Gasteiger partial charge in [-0.25, -0.2) is 4.98 Å². The summed E-state index contributed by atoms with van der Waals surface area (Å²) in [5, 5.41) is 5.17. The van der Waals surface area contributed by atoms with E-state index in [9.17, 15) is 0 Å². The maximum Gasteiger partial charge on any atom is 0.269 e. The van der Waals surface area contributed by atoms with Crippen molar-refractivity contribution in [2.24, 2.45) is 0 Å². The summed E-state index contributed by atoms with van der Waals surface area (Å²) in [7, 11) is 0. The van der Waals surface area contributed by atoms with Crippen LogP contribution < -0.4 is 0 Å². The quantitative estimate of drug-likeness (QED) is 0.831. The largest absolute Gasteiger partial charge is 0.371 e. The zero-order valence-electron chi connectivity index (χ0n) is 14.1. The molecule has 5 rings (SSSR count). The first-order valence-corrected chi connectivity index (χ1v) is 9.95. The van der Waals surface area contributed by atoms with Crippen LogP contribution in [-0.4, -0.2) is 52.4 Å². The van der Waals surface area contributed by atoms with Crippen LogP contribution in [0.5, 0.6) is 0 Å². The van der Waals surface area contributed by atoms with Gasteiger partial charge < -0.3 is 14.0 Å². The van der Waals surface area contributed by atoms with E-state index < -0.39 is 0 Å². The maximum atomic E-state index is 6.01. The highest BCUT2D eigenvalue weighted by Gasteiger charge is 2.34. The lowest BCUT2D eigenvalue weighted by molar-refractivity contribution is -0.0805. The Hall–Kier alpha value is -1.35. The SMILES string of the molecule is c1nc(C2CCCO2)sc1-c1nc([C@H]2CN3CCCCC3CO2)no1. The highest BCUT2D eigenvalue weighted by Crippen LogP contribution is 2.35. The van der Waals surface area contributed by atoms with Crippen LogP contribution in [0.3, 0.4) is 0 Å². The molecule has 2 aromatic rings. The second-order valence-electron chi connectivity index (χ2n) is 6.99. The van der Waals surface area contributed by atoms with E-state index >= 15 is 0 Å². The Bertz CT molecular complexity index is 727. The lowest BCUT2D eigenvalue weighted by Gasteiger charge is -2.41. The van der Waals surface area contributed by atoms with Gasteiger partial charge in [0, 0.05) is 19.2 Å². The first kappa shape index (κ1) is 15.9. The van der Waals surface area contributed by atoms with Crippen LogP contribution in [0.1, 0.15) is 55.1 Å². The summed E-state index contributed by atoms with van der Waals surface area (Å²) in [6.07, 6.45) is 7.78. The highest BCUT2D eigenvalue weighted by atomic mass is 32.1. The average molecular weight is 362 g/mol. The van der Waals surface area contributed by atoms with Crippen LogP contribution >= 0.6 is 11.3 Å². The molecular formula is C17H22N4O3S. The minimum atomic E-state index is -0.0996. The van der Waals surface area contributed by atoms with Crippen LogP contribution in [0.2, 0.25) is 0 Å². The molecule has 0 radical (unpaired) electrons. The molecule has 5 heterocycles. The normalized spacial score (nSPS) is 30.5. The number of morpholine rings is 1. The van der Waals surface area contributed by atoms with Gasteiger partial charge in [0.15, 0.2) is 0 Å². The van der Waals surface area contributed by atoms with Gasteiger partial charge in [0.05, 0.1) is 12.8 Å². The zero-order valence-corrected chi connectivity index (χ0v) is 14.9. The fourth-order valence-electron chi connectivity index (χ4n) is 3.91. The molecule has 0 spiro atoms. The number of piperidine rings is 1. The number of aromatic nitrogens is 3. The molecule has 25 heavy (non-hydrogen) atoms. The topological polar surface area (TPSA) is 73.5 Å². The van der Waals surface area contributed by atoms with Crippen LogP contribution in [0.4, 0.5) is 0 Å². The van der Waals surface area contributed by atoms with Crippen LogP contribution in [0.15, 0.2) is 10.7 Å². The summed E-state index contributed by atoms with van der Waals surface area (Å²) in [5.41, 5.74) is 0. The van der Waals surface area contributed by atoms with E-state index in [-0.39, 0.29) is 12.2 Å². The van der Waals surface area contributed by atoms with Crippen LogP contribution in [-0.2, 0) is 9.47 Å². The van der Waals surface area contributed by atoms with Crippen molar-refractivity contribution in [1.82, 2.24) is 20.0 Å². The Balaban J connectivity index is 1.30. The van der Waals surface area contributed by atoms with E-state index in [1.165, 1.54) is 19.3 Å². The number of thiazole rings is 1. The van der Waals surface area contributed by atoms with Gasteiger partial charge in [0.1, 0.15) is 22.1 Å². The lowest BCUT2D eigenvalue weighted by Crippen LogP contribution is -2.49. The molecule has 3 aliphatic rings. The van der Waals surface area contributed by atoms with Crippen molar-refractivity contribution < 1.29 is 14.0 Å². The van der Waals surface area contributed by atoms with Gasteiger partial charge in [-0.15, -0.1) is 11.3 Å². The van der Waals surface area contributed by atoms with Gasteiger partial charge in [-0.3, -0.25) is 4.90 Å². The molecule has 0 bridgehead atoms. The van der Waals surface area contributed by atoms with Crippen LogP contribution in [0, 0.1) is 0 Å². The first-order chi connectivity index (χ1) is 12.4. The summed E-state index contributed by atoms with van der Waals surface area (Å²) in [6.45, 7) is 3.58. The Morgan fingerprint density at radius 1 is 1.12 bits per heavy atom. The molecule has 0 aliphatic carbocycles. The molecule has 2 unspecified atom stereocenters. The van der Waals surface area contributed by atoms with Crippen molar-refractivity contribution in [1.29, 1.82) is 0 Å². The summed E-state index contributed by atoms with van der Waals surface area (Å²) in [5.74, 6) is 1.17. The fourth-order valence-corrected chi connectivity index (χ4v) is 4.84. The summed E-state index contributed by atoms with van der Waals surface area (Å²) >= 11 is 1.58. The third-order valence-electron chi connectivity index (χ3n) is 5.31. The molecule has 3 saturated heterocycles. The Morgan fingerprint density at radius 2 is 2.12 bits per heavy atom. The van der Waals surface area contributed by atoms with Gasteiger partial charge in [-0.05, 0) is 32.2 Å². The van der Waals surface area contributed by atoms with Crippen molar-refractivity contribution >= 4 is 11.3 Å². The third-order valence-corrected chi connectivity index (χ3v) is 6.39. The van der Waals surface area contributed by atoms with Gasteiger partial charge in [0.25, 0.3) is 5.89 Å². The maximum absolute atomic E-state index is 6.01. The van der Waals surface area contributed by atoms with E-state index in [0.29, 0.717) is 17.8 Å². The molecule has 134 valence electrons. The third kappa shape index (κ3) is 3.12. The molecule has 3 aliphatic heterocycles. The van der Waals surface area contributed by atoms with E-state index in [1.807, 2.05) is 0 Å². The number of hydrogen-bond acceptors (Lipinski definition) is 8. The van der Waals surface area contributed by atoms with Gasteiger partial charge >= 0.3 is 0 Å². The second-order valence-corrected chi connectivity index (χ2v) is 8.05. The molecule has 3 atom stereocenters. The lowest BCUT2D eigenvalue weighted by atomic mass is 10.0. The number of rotatable bonds is 3. The molecule has 0 aromatic carbocycles. The molecule has 0 amide bonds. The predicted octanol–water partition coefficient (Wildman–Crippen LogP) is 2.97. The smallest absolute Gasteiger partial charge is 0.269 e. The summed E-state index contributed by atoms with van der Waals surface area (Å²) in [4.78, 5) is 12.5. The Kier molecular flexibility index (Phi) is 4.29. The molecule has 0 N–H and O–H groups in total. The molecule has 8 heteroatoms. The number of fused-ring (bicyclic) bond motifs is 1. The standard InChI is InChI=1S/C17H22N4O3S/c1-2-6-21-9-13(23-10-11(21)4-1)15-19-16(24-20-15)14-8-18-17(25-14)12-5-3-7-22-12/h8,11-13H,1-7,9-10H2/t11?,12?,13-/m1/s1. The monoisotopic (exact) mass is 362 g/mol. The average Bonchev–Trinajstić information content (AvgIpc) is 3.41. The molecule has 2 aromatic heterocycles. The zero-order chi connectivity index (χ0) is 16.6. The fraction of sp³-hybridized carbons (Fsp3) is 0.706. The van der Waals surface area contributed by atoms with E-state index in [0.717, 1.165) is 49.0 Å². The summed E-state index contributed by atoms with van der Waals surface area (Å²) < 4.78 is 17.2. The molecular weight excluding hydrogens is 340 g/mol. The first-order valence-electron chi connectivity index (χ1n) is 9.14. The number of nitrogens with zero attached hydrogens (tertiary/aromatic N) is 4. The van der Waals surface area contributed by atoms with Gasteiger partial charge in [-0.2, -0.15) is 4.98 Å². The minimum Gasteiger partial charge on any atom is -0.371 e. The predicted molar refractivity (Wildman–Crippen MR) is 91.2 cm³/mol. The number of ether oxygens (including phenoxy) is 2. The van der Waals surface area contributed by atoms with Crippen molar-refractivity contribution in [3.63, 3.8) is 0 Å². The van der Waals surface area contributed by atoms with E-state index in [1.54, 1.807) is 17.5 Å². The van der Waals surface area contributed by atoms with Crippen molar-refractivity contribution in [2.75, 3.05) is 26.3 Å². The molecule has 7 nitrogen and oxygen atoms in total.